The number of rotatable bonds is 5. The van der Waals surface area contributed by atoms with Crippen LogP contribution in [-0.2, 0) is 0 Å². The smallest absolute Gasteiger partial charge is 0.257 e. The van der Waals surface area contributed by atoms with E-state index in [1.165, 1.54) is 19.2 Å². The minimum atomic E-state index is -0.329. The summed E-state index contributed by atoms with van der Waals surface area (Å²) in [5.41, 5.74) is 2.29. The summed E-state index contributed by atoms with van der Waals surface area (Å²) in [7, 11) is 1.54. The van der Waals surface area contributed by atoms with E-state index in [9.17, 15) is 9.18 Å². The number of nitrogens with zero attached hydrogens (tertiary/aromatic N) is 5. The fourth-order valence-electron chi connectivity index (χ4n) is 2.67. The summed E-state index contributed by atoms with van der Waals surface area (Å²) in [6.07, 6.45) is 0. The van der Waals surface area contributed by atoms with Gasteiger partial charge in [-0.2, -0.15) is 9.36 Å². The van der Waals surface area contributed by atoms with Gasteiger partial charge in [0.1, 0.15) is 11.6 Å². The van der Waals surface area contributed by atoms with Crippen LogP contribution in [0.2, 0.25) is 0 Å². The molecule has 4 rings (SSSR count). The van der Waals surface area contributed by atoms with Gasteiger partial charge in [-0.25, -0.2) is 9.07 Å². The fraction of sp³-hybridized carbons (Fsp3) is 0.105. The van der Waals surface area contributed by atoms with Gasteiger partial charge in [0.2, 0.25) is 5.13 Å². The number of amides is 1. The molecule has 8 nitrogen and oxygen atoms in total. The molecule has 0 radical (unpaired) electrons. The lowest BCUT2D eigenvalue weighted by molar-refractivity contribution is 0.102. The van der Waals surface area contributed by atoms with Gasteiger partial charge in [-0.1, -0.05) is 11.3 Å². The summed E-state index contributed by atoms with van der Waals surface area (Å²) >= 11 is 1.04. The Balaban J connectivity index is 1.55. The van der Waals surface area contributed by atoms with Crippen LogP contribution in [0.1, 0.15) is 16.1 Å². The lowest BCUT2D eigenvalue weighted by Crippen LogP contribution is -2.11. The van der Waals surface area contributed by atoms with Crippen molar-refractivity contribution in [1.29, 1.82) is 0 Å². The third kappa shape index (κ3) is 3.83. The first kappa shape index (κ1) is 18.7. The molecule has 0 fully saturated rings. The maximum absolute atomic E-state index is 13.1. The van der Waals surface area contributed by atoms with E-state index in [1.54, 1.807) is 41.1 Å². The molecule has 0 saturated heterocycles. The van der Waals surface area contributed by atoms with Gasteiger partial charge in [0.25, 0.3) is 5.91 Å². The zero-order chi connectivity index (χ0) is 20.4. The zero-order valence-electron chi connectivity index (χ0n) is 15.5. The van der Waals surface area contributed by atoms with Gasteiger partial charge in [-0.05, 0) is 49.4 Å². The molecule has 29 heavy (non-hydrogen) atoms. The van der Waals surface area contributed by atoms with Gasteiger partial charge in [-0.3, -0.25) is 10.1 Å². The van der Waals surface area contributed by atoms with E-state index in [4.69, 9.17) is 4.74 Å². The summed E-state index contributed by atoms with van der Waals surface area (Å²) in [6.45, 7) is 1.81. The number of nitrogens with one attached hydrogen (secondary N) is 1. The standard InChI is InChI=1S/C19H15FN6O2S/c1-11-16(23-25-26(11)14-8-6-13(20)7-9-14)17-21-19(29-24-17)22-18(27)12-4-3-5-15(10-12)28-2/h3-10H,1-2H3,(H,21,22,24,27). The quantitative estimate of drug-likeness (QED) is 0.541. The van der Waals surface area contributed by atoms with Crippen molar-refractivity contribution >= 4 is 22.6 Å². The molecule has 0 saturated carbocycles. The second kappa shape index (κ2) is 7.76. The maximum Gasteiger partial charge on any atom is 0.257 e. The van der Waals surface area contributed by atoms with Crippen LogP contribution in [0, 0.1) is 12.7 Å². The van der Waals surface area contributed by atoms with Gasteiger partial charge in [0.05, 0.1) is 18.5 Å². The lowest BCUT2D eigenvalue weighted by Gasteiger charge is -2.03. The SMILES string of the molecule is COc1cccc(C(=O)Nc2nc(-c3nnn(-c4ccc(F)cc4)c3C)ns2)c1. The normalized spacial score (nSPS) is 10.7. The Morgan fingerprint density at radius 3 is 2.76 bits per heavy atom. The van der Waals surface area contributed by atoms with Gasteiger partial charge in [0.15, 0.2) is 11.5 Å². The van der Waals surface area contributed by atoms with Gasteiger partial charge in [0, 0.05) is 17.1 Å². The first-order valence-electron chi connectivity index (χ1n) is 8.53. The first-order chi connectivity index (χ1) is 14.0. The van der Waals surface area contributed by atoms with Crippen molar-refractivity contribution in [2.45, 2.75) is 6.92 Å². The van der Waals surface area contributed by atoms with E-state index in [0.29, 0.717) is 39.3 Å². The molecular formula is C19H15FN6O2S. The van der Waals surface area contributed by atoms with Gasteiger partial charge in [-0.15, -0.1) is 5.10 Å². The monoisotopic (exact) mass is 410 g/mol. The highest BCUT2D eigenvalue weighted by Crippen LogP contribution is 2.24. The van der Waals surface area contributed by atoms with Crippen LogP contribution in [0.5, 0.6) is 5.75 Å². The molecule has 146 valence electrons. The molecule has 0 spiro atoms. The number of aromatic nitrogens is 5. The number of benzene rings is 2. The van der Waals surface area contributed by atoms with Crippen molar-refractivity contribution < 1.29 is 13.9 Å². The molecule has 0 aliphatic carbocycles. The Bertz CT molecular complexity index is 1170. The minimum Gasteiger partial charge on any atom is -0.497 e. The fourth-order valence-corrected chi connectivity index (χ4v) is 3.23. The van der Waals surface area contributed by atoms with Crippen molar-refractivity contribution in [3.8, 4) is 23.0 Å². The molecule has 0 aliphatic heterocycles. The van der Waals surface area contributed by atoms with Crippen LogP contribution in [0.15, 0.2) is 48.5 Å². The minimum absolute atomic E-state index is 0.321. The van der Waals surface area contributed by atoms with Crippen LogP contribution >= 0.6 is 11.5 Å². The number of halogens is 1. The third-order valence-electron chi connectivity index (χ3n) is 4.16. The highest BCUT2D eigenvalue weighted by atomic mass is 32.1. The highest BCUT2D eigenvalue weighted by molar-refractivity contribution is 7.10. The van der Waals surface area contributed by atoms with E-state index in [2.05, 4.69) is 25.0 Å². The molecule has 1 N–H and O–H groups in total. The molecule has 2 aromatic carbocycles. The van der Waals surface area contributed by atoms with E-state index in [-0.39, 0.29) is 11.7 Å². The number of carbonyl (C=O) groups excluding carboxylic acids is 1. The van der Waals surface area contributed by atoms with E-state index >= 15 is 0 Å². The number of hydrogen-bond acceptors (Lipinski definition) is 7. The second-order valence-electron chi connectivity index (χ2n) is 6.02. The van der Waals surface area contributed by atoms with E-state index in [0.717, 1.165) is 11.5 Å². The third-order valence-corrected chi connectivity index (χ3v) is 4.79. The molecule has 10 heteroatoms. The number of ether oxygens (including phenoxy) is 1. The van der Waals surface area contributed by atoms with E-state index < -0.39 is 0 Å². The predicted octanol–water partition coefficient (Wildman–Crippen LogP) is 3.49. The van der Waals surface area contributed by atoms with Gasteiger partial charge < -0.3 is 4.74 Å². The van der Waals surface area contributed by atoms with E-state index in [1.807, 2.05) is 6.92 Å². The molecule has 0 bridgehead atoms. The number of carbonyl (C=O) groups is 1. The van der Waals surface area contributed by atoms with Crippen molar-refractivity contribution in [3.05, 3.63) is 65.6 Å². The summed E-state index contributed by atoms with van der Waals surface area (Å²) in [5.74, 6) is 0.285. The average Bonchev–Trinajstić information content (AvgIpc) is 3.35. The molecule has 0 unspecified atom stereocenters. The van der Waals surface area contributed by atoms with Crippen molar-refractivity contribution in [1.82, 2.24) is 24.4 Å². The van der Waals surface area contributed by atoms with Crippen LogP contribution < -0.4 is 10.1 Å². The topological polar surface area (TPSA) is 94.8 Å². The van der Waals surface area contributed by atoms with Crippen molar-refractivity contribution in [2.75, 3.05) is 12.4 Å². The van der Waals surface area contributed by atoms with Crippen LogP contribution in [-0.4, -0.2) is 37.4 Å². The molecule has 2 heterocycles. The number of anilines is 1. The predicted molar refractivity (Wildman–Crippen MR) is 106 cm³/mol. The van der Waals surface area contributed by atoms with Crippen molar-refractivity contribution in [2.24, 2.45) is 0 Å². The Morgan fingerprint density at radius 2 is 2.00 bits per heavy atom. The maximum atomic E-state index is 13.1. The first-order valence-corrected chi connectivity index (χ1v) is 9.30. The highest BCUT2D eigenvalue weighted by Gasteiger charge is 2.18. The molecule has 4 aromatic rings. The van der Waals surface area contributed by atoms with Crippen molar-refractivity contribution in [3.63, 3.8) is 0 Å². The lowest BCUT2D eigenvalue weighted by atomic mass is 10.2. The molecule has 0 atom stereocenters. The van der Waals surface area contributed by atoms with Crippen LogP contribution in [0.3, 0.4) is 0 Å². The summed E-state index contributed by atoms with van der Waals surface area (Å²) in [5, 5.41) is 11.3. The molecule has 0 aliphatic rings. The van der Waals surface area contributed by atoms with Gasteiger partial charge >= 0.3 is 0 Å². The zero-order valence-corrected chi connectivity index (χ0v) is 16.3. The Kier molecular flexibility index (Phi) is 5.00. The van der Waals surface area contributed by atoms with Crippen LogP contribution in [0.25, 0.3) is 17.2 Å². The molecule has 1 amide bonds. The molecule has 2 aromatic heterocycles. The Labute approximate surface area is 169 Å². The van der Waals surface area contributed by atoms with Crippen LogP contribution in [0.4, 0.5) is 9.52 Å². The largest absolute Gasteiger partial charge is 0.497 e. The number of hydrogen-bond donors (Lipinski definition) is 1. The summed E-state index contributed by atoms with van der Waals surface area (Å²) in [6, 6.07) is 12.7. The Morgan fingerprint density at radius 1 is 1.21 bits per heavy atom. The molecular weight excluding hydrogens is 395 g/mol. The second-order valence-corrected chi connectivity index (χ2v) is 6.77. The summed E-state index contributed by atoms with van der Waals surface area (Å²) < 4.78 is 24.1. The average molecular weight is 410 g/mol. The Hall–Kier alpha value is -3.66. The summed E-state index contributed by atoms with van der Waals surface area (Å²) in [4.78, 5) is 16.8. The number of methoxy groups -OCH3 is 1.